The number of Topliss-reactive ketones (excluding diaryl/α,β-unsaturated/α-hetero) is 1. The molecular formula is C20H26O3. The number of carbonyl (C=O) groups excluding carboxylic acids is 1. The largest absolute Gasteiger partial charge is 0.508 e. The molecular weight excluding hydrogens is 288 g/mol. The number of aliphatic hydroxyl groups excluding tert-OH is 1. The topological polar surface area (TPSA) is 57.5 Å². The predicted molar refractivity (Wildman–Crippen MR) is 91.2 cm³/mol. The quantitative estimate of drug-likeness (QED) is 0.767. The lowest BCUT2D eigenvalue weighted by molar-refractivity contribution is 0.0940. The van der Waals surface area contributed by atoms with Crippen molar-refractivity contribution < 1.29 is 15.0 Å². The van der Waals surface area contributed by atoms with E-state index in [-0.39, 0.29) is 34.0 Å². The zero-order valence-electron chi connectivity index (χ0n) is 14.7. The number of carbonyl (C=O) groups is 1. The molecule has 0 unspecified atom stereocenters. The molecule has 3 heteroatoms. The number of phenols is 1. The number of hydrogen-bond acceptors (Lipinski definition) is 3. The van der Waals surface area contributed by atoms with Gasteiger partial charge in [0, 0.05) is 11.0 Å². The van der Waals surface area contributed by atoms with Gasteiger partial charge in [-0.05, 0) is 53.0 Å². The van der Waals surface area contributed by atoms with Gasteiger partial charge < -0.3 is 10.2 Å². The SMILES string of the molecule is CC(C)c1cc2c(cc1O)[C@@]1(C)CCCC(C)(C)C1=C(O)C2=O. The summed E-state index contributed by atoms with van der Waals surface area (Å²) in [6.07, 6.45) is 2.89. The summed E-state index contributed by atoms with van der Waals surface area (Å²) in [5.74, 6) is -0.0115. The second-order valence-corrected chi connectivity index (χ2v) is 8.23. The van der Waals surface area contributed by atoms with Gasteiger partial charge in [0.05, 0.1) is 0 Å². The summed E-state index contributed by atoms with van der Waals surface area (Å²) >= 11 is 0. The van der Waals surface area contributed by atoms with Crippen molar-refractivity contribution in [1.29, 1.82) is 0 Å². The molecule has 0 saturated heterocycles. The van der Waals surface area contributed by atoms with E-state index in [1.54, 1.807) is 12.1 Å². The van der Waals surface area contributed by atoms with Gasteiger partial charge in [-0.25, -0.2) is 0 Å². The normalized spacial score (nSPS) is 26.3. The summed E-state index contributed by atoms with van der Waals surface area (Å²) in [6.45, 7) is 10.3. The number of allylic oxidation sites excluding steroid dienone is 2. The fraction of sp³-hybridized carbons (Fsp3) is 0.550. The van der Waals surface area contributed by atoms with Crippen molar-refractivity contribution in [2.24, 2.45) is 5.41 Å². The highest BCUT2D eigenvalue weighted by molar-refractivity contribution is 6.11. The number of rotatable bonds is 1. The lowest BCUT2D eigenvalue weighted by Crippen LogP contribution is -2.43. The van der Waals surface area contributed by atoms with Gasteiger partial charge in [-0.3, -0.25) is 4.79 Å². The number of fused-ring (bicyclic) bond motifs is 3. The molecule has 0 heterocycles. The highest BCUT2D eigenvalue weighted by Gasteiger charge is 2.50. The summed E-state index contributed by atoms with van der Waals surface area (Å²) < 4.78 is 0. The van der Waals surface area contributed by atoms with Crippen molar-refractivity contribution in [2.45, 2.75) is 65.2 Å². The number of hydrogen-bond donors (Lipinski definition) is 2. The maximum Gasteiger partial charge on any atom is 0.227 e. The van der Waals surface area contributed by atoms with Crippen LogP contribution in [0.4, 0.5) is 0 Å². The third-order valence-electron chi connectivity index (χ3n) is 5.79. The van der Waals surface area contributed by atoms with Gasteiger partial charge in [0.1, 0.15) is 5.75 Å². The Morgan fingerprint density at radius 3 is 2.35 bits per heavy atom. The first-order valence-corrected chi connectivity index (χ1v) is 8.46. The fourth-order valence-electron chi connectivity index (χ4n) is 4.68. The Balaban J connectivity index is 2.32. The third kappa shape index (κ3) is 2.13. The highest BCUT2D eigenvalue weighted by atomic mass is 16.3. The van der Waals surface area contributed by atoms with Crippen molar-refractivity contribution in [1.82, 2.24) is 0 Å². The minimum atomic E-state index is -0.387. The Labute approximate surface area is 138 Å². The second-order valence-electron chi connectivity index (χ2n) is 8.23. The molecule has 0 amide bonds. The van der Waals surface area contributed by atoms with Crippen LogP contribution in [-0.4, -0.2) is 16.0 Å². The van der Waals surface area contributed by atoms with Crippen LogP contribution in [0.15, 0.2) is 23.5 Å². The molecule has 1 saturated carbocycles. The van der Waals surface area contributed by atoms with E-state index in [2.05, 4.69) is 20.8 Å². The summed E-state index contributed by atoms with van der Waals surface area (Å²) in [4.78, 5) is 12.8. The molecule has 124 valence electrons. The Hall–Kier alpha value is -1.77. The van der Waals surface area contributed by atoms with Crippen LogP contribution >= 0.6 is 0 Å². The molecule has 0 aliphatic heterocycles. The number of aliphatic hydroxyl groups is 1. The third-order valence-corrected chi connectivity index (χ3v) is 5.79. The monoisotopic (exact) mass is 314 g/mol. The lowest BCUT2D eigenvalue weighted by Gasteiger charge is -2.49. The number of phenolic OH excluding ortho intramolecular Hbond substituents is 1. The molecule has 0 spiro atoms. The molecule has 0 radical (unpaired) electrons. The van der Waals surface area contributed by atoms with Gasteiger partial charge in [-0.15, -0.1) is 0 Å². The number of aromatic hydroxyl groups is 1. The van der Waals surface area contributed by atoms with Crippen LogP contribution in [0.3, 0.4) is 0 Å². The Bertz CT molecular complexity index is 725. The van der Waals surface area contributed by atoms with E-state index in [4.69, 9.17) is 0 Å². The number of benzene rings is 1. The standard InChI is InChI=1S/C20H26O3/c1-11(2)12-9-13-14(10-15(12)21)20(5)8-6-7-19(3,4)18(20)17(23)16(13)22/h9-11,21,23H,6-8H2,1-5H3/t20-/m1/s1. The van der Waals surface area contributed by atoms with Crippen LogP contribution in [0.5, 0.6) is 5.75 Å². The van der Waals surface area contributed by atoms with Gasteiger partial charge in [-0.1, -0.05) is 41.0 Å². The molecule has 1 aromatic rings. The minimum absolute atomic E-state index is 0.0786. The molecule has 2 aliphatic carbocycles. The van der Waals surface area contributed by atoms with Crippen molar-refractivity contribution >= 4 is 5.78 Å². The van der Waals surface area contributed by atoms with Gasteiger partial charge in [0.25, 0.3) is 0 Å². The van der Waals surface area contributed by atoms with Crippen molar-refractivity contribution in [3.63, 3.8) is 0 Å². The summed E-state index contributed by atoms with van der Waals surface area (Å²) in [5.41, 5.74) is 2.41. The molecule has 1 atom stereocenters. The second kappa shape index (κ2) is 4.86. The minimum Gasteiger partial charge on any atom is -0.508 e. The van der Waals surface area contributed by atoms with E-state index in [1.165, 1.54) is 0 Å². The average molecular weight is 314 g/mol. The van der Waals surface area contributed by atoms with Crippen LogP contribution in [-0.2, 0) is 5.41 Å². The van der Waals surface area contributed by atoms with Crippen molar-refractivity contribution in [3.8, 4) is 5.75 Å². The molecule has 2 N–H and O–H groups in total. The van der Waals surface area contributed by atoms with E-state index in [0.717, 1.165) is 36.0 Å². The van der Waals surface area contributed by atoms with E-state index in [0.29, 0.717) is 5.56 Å². The Morgan fingerprint density at radius 2 is 1.74 bits per heavy atom. The van der Waals surface area contributed by atoms with E-state index < -0.39 is 0 Å². The first-order valence-electron chi connectivity index (χ1n) is 8.46. The lowest BCUT2D eigenvalue weighted by atomic mass is 9.54. The molecule has 23 heavy (non-hydrogen) atoms. The van der Waals surface area contributed by atoms with Gasteiger partial charge >= 0.3 is 0 Å². The average Bonchev–Trinajstić information content (AvgIpc) is 2.43. The first kappa shape index (κ1) is 16.1. The van der Waals surface area contributed by atoms with Crippen molar-refractivity contribution in [3.05, 3.63) is 40.2 Å². The number of ketones is 1. The van der Waals surface area contributed by atoms with E-state index in [9.17, 15) is 15.0 Å². The van der Waals surface area contributed by atoms with Crippen LogP contribution in [0, 0.1) is 5.41 Å². The first-order chi connectivity index (χ1) is 10.6. The van der Waals surface area contributed by atoms with Crippen LogP contribution in [0.1, 0.15) is 81.3 Å². The molecule has 2 aliphatic rings. The zero-order chi connectivity index (χ0) is 17.2. The van der Waals surface area contributed by atoms with Gasteiger partial charge in [0.15, 0.2) is 5.76 Å². The highest BCUT2D eigenvalue weighted by Crippen LogP contribution is 2.56. The predicted octanol–water partition coefficient (Wildman–Crippen LogP) is 4.99. The molecule has 1 fully saturated rings. The van der Waals surface area contributed by atoms with Crippen LogP contribution in [0.2, 0.25) is 0 Å². The van der Waals surface area contributed by atoms with Crippen molar-refractivity contribution in [2.75, 3.05) is 0 Å². The fourth-order valence-corrected chi connectivity index (χ4v) is 4.68. The van der Waals surface area contributed by atoms with Crippen LogP contribution < -0.4 is 0 Å². The summed E-state index contributed by atoms with van der Waals surface area (Å²) in [6, 6.07) is 3.54. The molecule has 0 aromatic heterocycles. The molecule has 1 aromatic carbocycles. The maximum absolute atomic E-state index is 12.8. The summed E-state index contributed by atoms with van der Waals surface area (Å²) in [7, 11) is 0. The molecule has 0 bridgehead atoms. The molecule has 3 rings (SSSR count). The Morgan fingerprint density at radius 1 is 1.09 bits per heavy atom. The van der Waals surface area contributed by atoms with Crippen LogP contribution in [0.25, 0.3) is 0 Å². The Kier molecular flexibility index (Phi) is 3.40. The van der Waals surface area contributed by atoms with E-state index in [1.807, 2.05) is 13.8 Å². The van der Waals surface area contributed by atoms with E-state index >= 15 is 0 Å². The van der Waals surface area contributed by atoms with Gasteiger partial charge in [-0.2, -0.15) is 0 Å². The van der Waals surface area contributed by atoms with Gasteiger partial charge in [0.2, 0.25) is 5.78 Å². The smallest absolute Gasteiger partial charge is 0.227 e. The maximum atomic E-state index is 12.8. The summed E-state index contributed by atoms with van der Waals surface area (Å²) in [5, 5.41) is 21.1. The zero-order valence-corrected chi connectivity index (χ0v) is 14.7. The molecule has 3 nitrogen and oxygen atoms in total.